The van der Waals surface area contributed by atoms with E-state index in [4.69, 9.17) is 16.5 Å². The minimum absolute atomic E-state index is 0.115. The molecule has 0 saturated carbocycles. The molecule has 0 aromatic heterocycles. The third-order valence-electron chi connectivity index (χ3n) is 2.72. The molecule has 0 aromatic rings. The summed E-state index contributed by atoms with van der Waals surface area (Å²) < 4.78 is 61.8. The highest BCUT2D eigenvalue weighted by molar-refractivity contribution is 6.84. The summed E-state index contributed by atoms with van der Waals surface area (Å²) in [5.74, 6) is 0. The summed E-state index contributed by atoms with van der Waals surface area (Å²) in [6, 6.07) is -0.115. The van der Waals surface area contributed by atoms with E-state index in [1.54, 1.807) is 6.55 Å². The van der Waals surface area contributed by atoms with Crippen molar-refractivity contribution < 1.29 is 29.6 Å². The summed E-state index contributed by atoms with van der Waals surface area (Å²) in [6.45, 7) is 15.4. The van der Waals surface area contributed by atoms with E-state index in [9.17, 15) is 13.2 Å². The van der Waals surface area contributed by atoms with Gasteiger partial charge in [-0.1, -0.05) is 0 Å². The van der Waals surface area contributed by atoms with Gasteiger partial charge in [-0.3, -0.25) is 0 Å². The maximum absolute atomic E-state index is 12.7. The third-order valence-corrected chi connectivity index (χ3v) is 18.8. The molecule has 0 heterocycles. The van der Waals surface area contributed by atoms with Gasteiger partial charge in [0.2, 0.25) is 0 Å². The minimum atomic E-state index is -4.21. The van der Waals surface area contributed by atoms with E-state index >= 15 is 0 Å². The third kappa shape index (κ3) is 12.7. The molecular formula is C11H31F3O4Si5. The van der Waals surface area contributed by atoms with Crippen LogP contribution in [0, 0.1) is 0 Å². The van der Waals surface area contributed by atoms with Crippen molar-refractivity contribution in [3.05, 3.63) is 0 Å². The van der Waals surface area contributed by atoms with Crippen molar-refractivity contribution in [3.8, 4) is 0 Å². The second kappa shape index (κ2) is 9.42. The normalized spacial score (nSPS) is 17.6. The first-order valence-corrected chi connectivity index (χ1v) is 20.9. The van der Waals surface area contributed by atoms with Gasteiger partial charge in [-0.25, -0.2) is 0 Å². The Morgan fingerprint density at radius 3 is 1.78 bits per heavy atom. The van der Waals surface area contributed by atoms with Crippen LogP contribution >= 0.6 is 0 Å². The molecule has 0 spiro atoms. The van der Waals surface area contributed by atoms with Crippen LogP contribution in [0.1, 0.15) is 6.42 Å². The Hall–Kier alpha value is 0.714. The van der Waals surface area contributed by atoms with Gasteiger partial charge in [0, 0.05) is 6.42 Å². The molecule has 0 aromatic carbocycles. The molecule has 0 fully saturated rings. The molecule has 0 radical (unpaired) electrons. The predicted molar refractivity (Wildman–Crippen MR) is 99.7 cm³/mol. The molecule has 0 bridgehead atoms. The maximum atomic E-state index is 12.7. The summed E-state index contributed by atoms with van der Waals surface area (Å²) in [5.41, 5.74) is 0. The van der Waals surface area contributed by atoms with Gasteiger partial charge < -0.3 is 16.5 Å². The van der Waals surface area contributed by atoms with Crippen LogP contribution in [0.3, 0.4) is 0 Å². The number of rotatable bonds is 10. The van der Waals surface area contributed by atoms with Crippen molar-refractivity contribution in [3.63, 3.8) is 0 Å². The van der Waals surface area contributed by atoms with Crippen LogP contribution in [0.25, 0.3) is 0 Å². The molecule has 0 N–H and O–H groups in total. The second-order valence-corrected chi connectivity index (χ2v) is 21.5. The van der Waals surface area contributed by atoms with E-state index in [1.165, 1.54) is 0 Å². The van der Waals surface area contributed by atoms with Crippen molar-refractivity contribution in [2.24, 2.45) is 0 Å². The van der Waals surface area contributed by atoms with Crippen LogP contribution in [-0.4, -0.2) is 50.7 Å². The van der Waals surface area contributed by atoms with Crippen molar-refractivity contribution in [2.45, 2.75) is 71.0 Å². The molecule has 0 aliphatic carbocycles. The van der Waals surface area contributed by atoms with Crippen molar-refractivity contribution >= 4 is 44.5 Å². The highest BCUT2D eigenvalue weighted by atomic mass is 28.5. The zero-order valence-electron chi connectivity index (χ0n) is 15.4. The lowest BCUT2D eigenvalue weighted by atomic mass is 10.5. The Balaban J connectivity index is 5.04. The largest absolute Gasteiger partial charge is 0.442 e. The fraction of sp³-hybridized carbons (Fsp3) is 1.00. The summed E-state index contributed by atoms with van der Waals surface area (Å²) in [4.78, 5) is 0. The van der Waals surface area contributed by atoms with Crippen LogP contribution in [0.5, 0.6) is 0 Å². The standard InChI is InChI=1S/C11H31F3O4Si5/c1-19(2)15-21(5)17-23(8,10-9-11(12,13)14)18-22(6,7)16-20(3)4/h19-21H,9-10H2,1-8H3. The first kappa shape index (κ1) is 23.7. The lowest BCUT2D eigenvalue weighted by Gasteiger charge is -2.38. The van der Waals surface area contributed by atoms with E-state index in [-0.39, 0.29) is 6.04 Å². The van der Waals surface area contributed by atoms with Gasteiger partial charge >= 0.3 is 23.3 Å². The molecule has 4 nitrogen and oxygen atoms in total. The molecule has 12 heteroatoms. The second-order valence-electron chi connectivity index (χ2n) is 6.79. The van der Waals surface area contributed by atoms with Crippen LogP contribution in [0.2, 0.25) is 58.4 Å². The van der Waals surface area contributed by atoms with Gasteiger partial charge in [0.05, 0.1) is 0 Å². The monoisotopic (exact) mass is 424 g/mol. The van der Waals surface area contributed by atoms with Gasteiger partial charge in [-0.15, -0.1) is 0 Å². The molecule has 140 valence electrons. The first-order chi connectivity index (χ1) is 10.1. The first-order valence-electron chi connectivity index (χ1n) is 7.92. The highest BCUT2D eigenvalue weighted by Crippen LogP contribution is 2.30. The van der Waals surface area contributed by atoms with E-state index in [0.29, 0.717) is 0 Å². The Kier molecular flexibility index (Phi) is 9.72. The topological polar surface area (TPSA) is 36.9 Å². The Labute approximate surface area is 145 Å². The lowest BCUT2D eigenvalue weighted by molar-refractivity contribution is -0.131. The quantitative estimate of drug-likeness (QED) is 0.502. The van der Waals surface area contributed by atoms with Gasteiger partial charge in [0.15, 0.2) is 18.1 Å². The van der Waals surface area contributed by atoms with E-state index in [0.717, 1.165) is 0 Å². The van der Waals surface area contributed by atoms with Crippen molar-refractivity contribution in [1.29, 1.82) is 0 Å². The zero-order chi connectivity index (χ0) is 18.5. The Morgan fingerprint density at radius 1 is 0.870 bits per heavy atom. The molecular weight excluding hydrogens is 394 g/mol. The SMILES string of the molecule is C[SiH](C)O[SiH](C)O[Si](C)(CCC(F)(F)F)O[Si](C)(C)O[SiH](C)C. The summed E-state index contributed by atoms with van der Waals surface area (Å²) >= 11 is 0. The number of halogens is 3. The Morgan fingerprint density at radius 2 is 1.39 bits per heavy atom. The van der Waals surface area contributed by atoms with E-state index < -0.39 is 57.1 Å². The van der Waals surface area contributed by atoms with E-state index in [1.807, 2.05) is 45.8 Å². The van der Waals surface area contributed by atoms with Gasteiger partial charge in [0.1, 0.15) is 0 Å². The smallest absolute Gasteiger partial charge is 0.389 e. The summed E-state index contributed by atoms with van der Waals surface area (Å²) in [7, 11) is -10.1. The number of hydrogen-bond acceptors (Lipinski definition) is 4. The summed E-state index contributed by atoms with van der Waals surface area (Å²) in [6.07, 6.45) is -5.10. The van der Waals surface area contributed by atoms with Crippen molar-refractivity contribution in [2.75, 3.05) is 0 Å². The van der Waals surface area contributed by atoms with Crippen LogP contribution in [0.4, 0.5) is 13.2 Å². The average Bonchev–Trinajstić information content (AvgIpc) is 2.20. The molecule has 2 atom stereocenters. The zero-order valence-corrected chi connectivity index (χ0v) is 20.9. The average molecular weight is 425 g/mol. The minimum Gasteiger partial charge on any atom is -0.442 e. The number of alkyl halides is 3. The fourth-order valence-electron chi connectivity index (χ4n) is 2.38. The van der Waals surface area contributed by atoms with Crippen LogP contribution < -0.4 is 0 Å². The lowest BCUT2D eigenvalue weighted by Crippen LogP contribution is -2.54. The predicted octanol–water partition coefficient (Wildman–Crippen LogP) is 3.60. The Bertz CT molecular complexity index is 357. The van der Waals surface area contributed by atoms with Gasteiger partial charge in [0.25, 0.3) is 9.28 Å². The fourth-order valence-corrected chi connectivity index (χ4v) is 20.5. The van der Waals surface area contributed by atoms with Crippen LogP contribution in [-0.2, 0) is 16.5 Å². The molecule has 0 saturated heterocycles. The highest BCUT2D eigenvalue weighted by Gasteiger charge is 2.44. The molecule has 0 rings (SSSR count). The van der Waals surface area contributed by atoms with E-state index in [2.05, 4.69) is 0 Å². The molecule has 23 heavy (non-hydrogen) atoms. The van der Waals surface area contributed by atoms with Gasteiger partial charge in [-0.05, 0) is 58.4 Å². The molecule has 0 aliphatic heterocycles. The number of hydrogen-bond donors (Lipinski definition) is 0. The molecule has 0 amide bonds. The molecule has 2 unspecified atom stereocenters. The molecule has 0 aliphatic rings. The van der Waals surface area contributed by atoms with Crippen molar-refractivity contribution in [1.82, 2.24) is 0 Å². The van der Waals surface area contributed by atoms with Crippen LogP contribution in [0.15, 0.2) is 0 Å². The summed E-state index contributed by atoms with van der Waals surface area (Å²) in [5, 5.41) is 0. The van der Waals surface area contributed by atoms with Gasteiger partial charge in [-0.2, -0.15) is 13.2 Å². The maximum Gasteiger partial charge on any atom is 0.389 e.